The van der Waals surface area contributed by atoms with Crippen molar-refractivity contribution in [2.45, 2.75) is 32.6 Å². The van der Waals surface area contributed by atoms with Crippen molar-refractivity contribution >= 4 is 36.5 Å². The fourth-order valence-corrected chi connectivity index (χ4v) is 3.02. The zero-order valence-electron chi connectivity index (χ0n) is 14.4. The molecule has 1 aliphatic heterocycles. The molecule has 0 bridgehead atoms. The van der Waals surface area contributed by atoms with E-state index in [0.717, 1.165) is 51.3 Å². The van der Waals surface area contributed by atoms with E-state index >= 15 is 0 Å². The standard InChI is InChI=1S/C17H28N4O.2ClH/c1-2-20(17(22)7-5-10-18)14-15-8-12-21(13-9-15)16-6-3-4-11-19-16;;/h3-4,6,11,15H,2,5,7-10,12-14,18H2,1H3;2*1H. The van der Waals surface area contributed by atoms with Crippen LogP contribution in [-0.4, -0.2) is 48.5 Å². The van der Waals surface area contributed by atoms with Gasteiger partial charge in [-0.15, -0.1) is 24.8 Å². The van der Waals surface area contributed by atoms with Crippen LogP contribution in [0.2, 0.25) is 0 Å². The second kappa shape index (κ2) is 12.3. The molecule has 24 heavy (non-hydrogen) atoms. The van der Waals surface area contributed by atoms with Crippen molar-refractivity contribution in [1.29, 1.82) is 0 Å². The first-order valence-corrected chi connectivity index (χ1v) is 8.38. The molecular weight excluding hydrogens is 347 g/mol. The minimum absolute atomic E-state index is 0. The van der Waals surface area contributed by atoms with E-state index in [1.807, 2.05) is 23.2 Å². The number of nitrogens with two attached hydrogens (primary N) is 1. The third-order valence-corrected chi connectivity index (χ3v) is 4.40. The van der Waals surface area contributed by atoms with E-state index < -0.39 is 0 Å². The molecule has 1 amide bonds. The summed E-state index contributed by atoms with van der Waals surface area (Å²) in [5.41, 5.74) is 5.49. The van der Waals surface area contributed by atoms with Crippen LogP contribution in [0.15, 0.2) is 24.4 Å². The lowest BCUT2D eigenvalue weighted by Crippen LogP contribution is -2.41. The lowest BCUT2D eigenvalue weighted by molar-refractivity contribution is -0.131. The number of carbonyl (C=O) groups is 1. The van der Waals surface area contributed by atoms with Crippen molar-refractivity contribution in [3.05, 3.63) is 24.4 Å². The van der Waals surface area contributed by atoms with Crippen LogP contribution >= 0.6 is 24.8 Å². The molecule has 2 N–H and O–H groups in total. The Hall–Kier alpha value is -1.04. The SMILES string of the molecule is CCN(CC1CCN(c2ccccn2)CC1)C(=O)CCCN.Cl.Cl. The summed E-state index contributed by atoms with van der Waals surface area (Å²) in [6, 6.07) is 6.04. The van der Waals surface area contributed by atoms with Gasteiger partial charge in [0.25, 0.3) is 0 Å². The lowest BCUT2D eigenvalue weighted by atomic mass is 9.96. The van der Waals surface area contributed by atoms with Crippen LogP contribution < -0.4 is 10.6 Å². The summed E-state index contributed by atoms with van der Waals surface area (Å²) in [4.78, 5) is 20.9. The highest BCUT2D eigenvalue weighted by molar-refractivity contribution is 5.85. The number of anilines is 1. The Balaban J connectivity index is 0.00000264. The van der Waals surface area contributed by atoms with Crippen molar-refractivity contribution in [2.75, 3.05) is 37.6 Å². The third-order valence-electron chi connectivity index (χ3n) is 4.40. The summed E-state index contributed by atoms with van der Waals surface area (Å²) in [5, 5.41) is 0. The number of nitrogens with zero attached hydrogens (tertiary/aromatic N) is 3. The van der Waals surface area contributed by atoms with E-state index in [1.165, 1.54) is 0 Å². The van der Waals surface area contributed by atoms with Gasteiger partial charge < -0.3 is 15.5 Å². The smallest absolute Gasteiger partial charge is 0.222 e. The Morgan fingerprint density at radius 3 is 2.58 bits per heavy atom. The summed E-state index contributed by atoms with van der Waals surface area (Å²) in [6.45, 7) is 6.38. The summed E-state index contributed by atoms with van der Waals surface area (Å²) in [5.74, 6) is 1.91. The fraction of sp³-hybridized carbons (Fsp3) is 0.647. The number of halogens is 2. The summed E-state index contributed by atoms with van der Waals surface area (Å²) in [6.07, 6.45) is 5.45. The molecule has 0 unspecified atom stereocenters. The number of hydrogen-bond acceptors (Lipinski definition) is 4. The van der Waals surface area contributed by atoms with Gasteiger partial charge in [-0.2, -0.15) is 0 Å². The Kier molecular flexibility index (Phi) is 11.8. The van der Waals surface area contributed by atoms with Crippen LogP contribution in [0.5, 0.6) is 0 Å². The van der Waals surface area contributed by atoms with Gasteiger partial charge in [0.1, 0.15) is 5.82 Å². The highest BCUT2D eigenvalue weighted by atomic mass is 35.5. The Labute approximate surface area is 157 Å². The maximum Gasteiger partial charge on any atom is 0.222 e. The average Bonchev–Trinajstić information content (AvgIpc) is 2.59. The number of aromatic nitrogens is 1. The van der Waals surface area contributed by atoms with Crippen LogP contribution in [0.3, 0.4) is 0 Å². The average molecular weight is 377 g/mol. The number of carbonyl (C=O) groups excluding carboxylic acids is 1. The molecule has 1 aliphatic rings. The van der Waals surface area contributed by atoms with Crippen LogP contribution in [0, 0.1) is 5.92 Å². The van der Waals surface area contributed by atoms with Gasteiger partial charge in [-0.1, -0.05) is 6.07 Å². The molecule has 0 aliphatic carbocycles. The van der Waals surface area contributed by atoms with Crippen LogP contribution in [0.1, 0.15) is 32.6 Å². The molecule has 138 valence electrons. The van der Waals surface area contributed by atoms with E-state index in [4.69, 9.17) is 5.73 Å². The number of pyridine rings is 1. The first kappa shape index (κ1) is 23.0. The van der Waals surface area contributed by atoms with Crippen molar-refractivity contribution in [3.8, 4) is 0 Å². The lowest BCUT2D eigenvalue weighted by Gasteiger charge is -2.35. The first-order valence-electron chi connectivity index (χ1n) is 8.38. The number of rotatable bonds is 7. The maximum absolute atomic E-state index is 12.1. The molecule has 0 saturated carbocycles. The largest absolute Gasteiger partial charge is 0.357 e. The van der Waals surface area contributed by atoms with Crippen molar-refractivity contribution < 1.29 is 4.79 Å². The normalized spacial score (nSPS) is 14.5. The minimum Gasteiger partial charge on any atom is -0.357 e. The molecule has 0 atom stereocenters. The highest BCUT2D eigenvalue weighted by Gasteiger charge is 2.23. The number of hydrogen-bond donors (Lipinski definition) is 1. The highest BCUT2D eigenvalue weighted by Crippen LogP contribution is 2.22. The van der Waals surface area contributed by atoms with E-state index in [2.05, 4.69) is 22.9 Å². The molecule has 1 fully saturated rings. The van der Waals surface area contributed by atoms with E-state index in [-0.39, 0.29) is 30.7 Å². The van der Waals surface area contributed by atoms with Crippen molar-refractivity contribution in [1.82, 2.24) is 9.88 Å². The third kappa shape index (κ3) is 6.83. The van der Waals surface area contributed by atoms with Gasteiger partial charge in [-0.25, -0.2) is 4.98 Å². The van der Waals surface area contributed by atoms with Gasteiger partial charge in [0.2, 0.25) is 5.91 Å². The van der Waals surface area contributed by atoms with Crippen LogP contribution in [0.25, 0.3) is 0 Å². The van der Waals surface area contributed by atoms with E-state index in [0.29, 0.717) is 18.9 Å². The van der Waals surface area contributed by atoms with Gasteiger partial charge in [0.05, 0.1) is 0 Å². The van der Waals surface area contributed by atoms with Gasteiger partial charge >= 0.3 is 0 Å². The topological polar surface area (TPSA) is 62.5 Å². The quantitative estimate of drug-likeness (QED) is 0.794. The first-order chi connectivity index (χ1) is 10.7. The van der Waals surface area contributed by atoms with Crippen LogP contribution in [0.4, 0.5) is 5.82 Å². The van der Waals surface area contributed by atoms with Gasteiger partial charge in [0, 0.05) is 38.8 Å². The zero-order valence-corrected chi connectivity index (χ0v) is 16.0. The summed E-state index contributed by atoms with van der Waals surface area (Å²) >= 11 is 0. The summed E-state index contributed by atoms with van der Waals surface area (Å²) in [7, 11) is 0. The maximum atomic E-state index is 12.1. The Morgan fingerprint density at radius 2 is 2.04 bits per heavy atom. The molecule has 0 spiro atoms. The predicted molar refractivity (Wildman–Crippen MR) is 104 cm³/mol. The summed E-state index contributed by atoms with van der Waals surface area (Å²) < 4.78 is 0. The Bertz CT molecular complexity index is 453. The molecule has 1 aromatic heterocycles. The van der Waals surface area contributed by atoms with Gasteiger partial charge in [-0.3, -0.25) is 4.79 Å². The molecule has 2 heterocycles. The molecule has 0 aromatic carbocycles. The monoisotopic (exact) mass is 376 g/mol. The molecule has 1 aromatic rings. The molecule has 7 heteroatoms. The Morgan fingerprint density at radius 1 is 1.33 bits per heavy atom. The molecular formula is C17H30Cl2N4O. The van der Waals surface area contributed by atoms with Crippen molar-refractivity contribution in [2.24, 2.45) is 11.7 Å². The second-order valence-electron chi connectivity index (χ2n) is 5.94. The molecule has 5 nitrogen and oxygen atoms in total. The molecule has 2 rings (SSSR count). The van der Waals surface area contributed by atoms with Gasteiger partial charge in [-0.05, 0) is 50.8 Å². The number of amides is 1. The molecule has 1 saturated heterocycles. The zero-order chi connectivity index (χ0) is 15.8. The van der Waals surface area contributed by atoms with E-state index in [1.54, 1.807) is 0 Å². The van der Waals surface area contributed by atoms with Crippen molar-refractivity contribution in [3.63, 3.8) is 0 Å². The fourth-order valence-electron chi connectivity index (χ4n) is 3.02. The van der Waals surface area contributed by atoms with Crippen LogP contribution in [-0.2, 0) is 4.79 Å². The minimum atomic E-state index is 0. The number of piperidine rings is 1. The molecule has 0 radical (unpaired) electrons. The van der Waals surface area contributed by atoms with Gasteiger partial charge in [0.15, 0.2) is 0 Å². The van der Waals surface area contributed by atoms with E-state index in [9.17, 15) is 4.79 Å². The second-order valence-corrected chi connectivity index (χ2v) is 5.94. The predicted octanol–water partition coefficient (Wildman–Crippen LogP) is 2.73.